The van der Waals surface area contributed by atoms with E-state index in [-0.39, 0.29) is 29.9 Å². The lowest BCUT2D eigenvalue weighted by Crippen LogP contribution is -2.41. The summed E-state index contributed by atoms with van der Waals surface area (Å²) in [4.78, 5) is 37.3. The van der Waals surface area contributed by atoms with E-state index in [4.69, 9.17) is 21.1 Å². The number of halogens is 2. The van der Waals surface area contributed by atoms with Crippen molar-refractivity contribution in [1.29, 1.82) is 0 Å². The van der Waals surface area contributed by atoms with Gasteiger partial charge in [-0.05, 0) is 49.7 Å². The fraction of sp³-hybridized carbons (Fsp3) is 0.273. The van der Waals surface area contributed by atoms with Gasteiger partial charge in [-0.1, -0.05) is 17.7 Å². The Morgan fingerprint density at radius 2 is 1.94 bits per heavy atom. The topological polar surface area (TPSA) is 104 Å². The SMILES string of the molecule is COc1nn(-c2ccc(F)c(NC(C)=O)c2)c(=O)n(Cc2ccc(Cl)c(OC(C)C)c2)c1=O. The summed E-state index contributed by atoms with van der Waals surface area (Å²) in [5.41, 5.74) is -0.977. The average molecular weight is 477 g/mol. The Morgan fingerprint density at radius 3 is 2.58 bits per heavy atom. The molecule has 9 nitrogen and oxygen atoms in total. The summed E-state index contributed by atoms with van der Waals surface area (Å²) in [7, 11) is 1.24. The summed E-state index contributed by atoms with van der Waals surface area (Å²) in [6.07, 6.45) is -0.130. The van der Waals surface area contributed by atoms with Crippen molar-refractivity contribution in [2.75, 3.05) is 12.4 Å². The number of methoxy groups -OCH3 is 1. The van der Waals surface area contributed by atoms with Crippen molar-refractivity contribution in [2.24, 2.45) is 0 Å². The number of anilines is 1. The van der Waals surface area contributed by atoms with Crippen molar-refractivity contribution < 1.29 is 18.7 Å². The number of carbonyl (C=O) groups excluding carboxylic acids is 1. The highest BCUT2D eigenvalue weighted by Crippen LogP contribution is 2.26. The second-order valence-electron chi connectivity index (χ2n) is 7.37. The molecule has 0 aliphatic carbocycles. The molecular weight excluding hydrogens is 455 g/mol. The monoisotopic (exact) mass is 476 g/mol. The molecule has 2 aromatic carbocycles. The smallest absolute Gasteiger partial charge is 0.352 e. The highest BCUT2D eigenvalue weighted by atomic mass is 35.5. The highest BCUT2D eigenvalue weighted by molar-refractivity contribution is 6.32. The highest BCUT2D eigenvalue weighted by Gasteiger charge is 2.17. The molecule has 0 spiro atoms. The van der Waals surface area contributed by atoms with Crippen molar-refractivity contribution >= 4 is 23.2 Å². The predicted molar refractivity (Wildman–Crippen MR) is 121 cm³/mol. The number of ether oxygens (including phenoxy) is 2. The first-order valence-electron chi connectivity index (χ1n) is 9.91. The molecule has 1 aromatic heterocycles. The second kappa shape index (κ2) is 9.86. The maximum Gasteiger partial charge on any atom is 0.352 e. The third-order valence-electron chi connectivity index (χ3n) is 4.43. The van der Waals surface area contributed by atoms with Crippen molar-refractivity contribution in [3.63, 3.8) is 0 Å². The fourth-order valence-corrected chi connectivity index (χ4v) is 3.19. The first-order chi connectivity index (χ1) is 15.6. The van der Waals surface area contributed by atoms with Gasteiger partial charge < -0.3 is 14.8 Å². The van der Waals surface area contributed by atoms with Gasteiger partial charge in [0.25, 0.3) is 5.88 Å². The van der Waals surface area contributed by atoms with Crippen molar-refractivity contribution in [2.45, 2.75) is 33.4 Å². The van der Waals surface area contributed by atoms with Gasteiger partial charge in [0.2, 0.25) is 5.91 Å². The van der Waals surface area contributed by atoms with Crippen LogP contribution in [0.15, 0.2) is 46.0 Å². The minimum absolute atomic E-state index is 0.122. The van der Waals surface area contributed by atoms with Crippen molar-refractivity contribution in [3.8, 4) is 17.3 Å². The molecule has 0 aliphatic rings. The van der Waals surface area contributed by atoms with E-state index in [9.17, 15) is 18.8 Å². The Bertz CT molecular complexity index is 1320. The minimum atomic E-state index is -0.789. The number of nitrogens with one attached hydrogen (secondary N) is 1. The van der Waals surface area contributed by atoms with Crippen LogP contribution in [0, 0.1) is 5.82 Å². The number of benzene rings is 2. The molecular formula is C22H22ClFN4O5. The number of aromatic nitrogens is 3. The van der Waals surface area contributed by atoms with Crippen LogP contribution in [0.25, 0.3) is 5.69 Å². The van der Waals surface area contributed by atoms with Gasteiger partial charge in [0.1, 0.15) is 11.6 Å². The molecule has 0 radical (unpaired) electrons. The summed E-state index contributed by atoms with van der Waals surface area (Å²) in [6.45, 7) is 4.79. The maximum absolute atomic E-state index is 14.1. The minimum Gasteiger partial charge on any atom is -0.489 e. The normalized spacial score (nSPS) is 10.9. The lowest BCUT2D eigenvalue weighted by Gasteiger charge is -2.15. The second-order valence-corrected chi connectivity index (χ2v) is 7.78. The van der Waals surface area contributed by atoms with Gasteiger partial charge in [0.05, 0.1) is 36.2 Å². The standard InChI is InChI=1S/C22H22ClFN4O5/c1-12(2)33-19-9-14(5-7-16(19)23)11-27-21(30)20(32-4)26-28(22(27)31)15-6-8-17(24)18(10-15)25-13(3)29/h5-10,12H,11H2,1-4H3,(H,25,29). The molecule has 33 heavy (non-hydrogen) atoms. The molecule has 0 fully saturated rings. The van der Waals surface area contributed by atoms with E-state index in [1.807, 2.05) is 13.8 Å². The Kier molecular flexibility index (Phi) is 7.17. The number of hydrogen-bond donors (Lipinski definition) is 1. The van der Waals surface area contributed by atoms with E-state index in [0.29, 0.717) is 16.3 Å². The van der Waals surface area contributed by atoms with E-state index in [1.54, 1.807) is 18.2 Å². The van der Waals surface area contributed by atoms with Crippen LogP contribution in [-0.4, -0.2) is 33.5 Å². The zero-order chi connectivity index (χ0) is 24.3. The van der Waals surface area contributed by atoms with Gasteiger partial charge in [-0.3, -0.25) is 9.59 Å². The first-order valence-corrected chi connectivity index (χ1v) is 10.3. The maximum atomic E-state index is 14.1. The van der Waals surface area contributed by atoms with Gasteiger partial charge >= 0.3 is 11.2 Å². The molecule has 0 saturated carbocycles. The number of amides is 1. The van der Waals surface area contributed by atoms with Gasteiger partial charge in [0, 0.05) is 6.92 Å². The average Bonchev–Trinajstić information content (AvgIpc) is 2.74. The van der Waals surface area contributed by atoms with E-state index >= 15 is 0 Å². The van der Waals surface area contributed by atoms with Crippen molar-refractivity contribution in [3.05, 3.63) is 73.6 Å². The third-order valence-corrected chi connectivity index (χ3v) is 4.74. The Hall–Kier alpha value is -3.66. The predicted octanol–water partition coefficient (Wildman–Crippen LogP) is 2.99. The molecule has 0 atom stereocenters. The summed E-state index contributed by atoms with van der Waals surface area (Å²) < 4.78 is 26.6. The largest absolute Gasteiger partial charge is 0.489 e. The summed E-state index contributed by atoms with van der Waals surface area (Å²) >= 11 is 6.17. The van der Waals surface area contributed by atoms with Crippen molar-refractivity contribution in [1.82, 2.24) is 14.3 Å². The zero-order valence-corrected chi connectivity index (χ0v) is 19.1. The molecule has 1 heterocycles. The quantitative estimate of drug-likeness (QED) is 0.562. The van der Waals surface area contributed by atoms with Crippen LogP contribution in [0.1, 0.15) is 26.3 Å². The van der Waals surface area contributed by atoms with Crippen LogP contribution in [-0.2, 0) is 11.3 Å². The van der Waals surface area contributed by atoms with Crippen LogP contribution < -0.4 is 26.0 Å². The molecule has 11 heteroatoms. The summed E-state index contributed by atoms with van der Waals surface area (Å²) in [5.74, 6) is -1.11. The molecule has 0 aliphatic heterocycles. The Balaban J connectivity index is 2.12. The van der Waals surface area contributed by atoms with Crippen LogP contribution in [0.2, 0.25) is 5.02 Å². The lowest BCUT2D eigenvalue weighted by atomic mass is 10.2. The van der Waals surface area contributed by atoms with Crippen LogP contribution in [0.5, 0.6) is 11.6 Å². The molecule has 3 rings (SSSR count). The van der Waals surface area contributed by atoms with E-state index in [2.05, 4.69) is 10.4 Å². The molecule has 3 aromatic rings. The number of hydrogen-bond acceptors (Lipinski definition) is 6. The molecule has 0 unspecified atom stereocenters. The lowest BCUT2D eigenvalue weighted by molar-refractivity contribution is -0.114. The van der Waals surface area contributed by atoms with Crippen LogP contribution in [0.4, 0.5) is 10.1 Å². The number of rotatable bonds is 7. The van der Waals surface area contributed by atoms with Crippen LogP contribution >= 0.6 is 11.6 Å². The fourth-order valence-electron chi connectivity index (χ4n) is 3.03. The number of carbonyl (C=O) groups is 1. The Labute approximate surface area is 193 Å². The molecule has 0 bridgehead atoms. The zero-order valence-electron chi connectivity index (χ0n) is 18.4. The van der Waals surface area contributed by atoms with Gasteiger partial charge in [-0.25, -0.2) is 13.8 Å². The summed E-state index contributed by atoms with van der Waals surface area (Å²) in [6, 6.07) is 8.50. The first kappa shape index (κ1) is 24.0. The van der Waals surface area contributed by atoms with Gasteiger partial charge in [-0.15, -0.1) is 5.10 Å². The summed E-state index contributed by atoms with van der Waals surface area (Å²) in [5, 5.41) is 6.68. The van der Waals surface area contributed by atoms with Crippen LogP contribution in [0.3, 0.4) is 0 Å². The van der Waals surface area contributed by atoms with E-state index < -0.39 is 23.0 Å². The van der Waals surface area contributed by atoms with E-state index in [0.717, 1.165) is 15.3 Å². The van der Waals surface area contributed by atoms with Gasteiger partial charge in [0.15, 0.2) is 0 Å². The third kappa shape index (κ3) is 5.40. The molecule has 174 valence electrons. The molecule has 1 amide bonds. The Morgan fingerprint density at radius 1 is 1.21 bits per heavy atom. The van der Waals surface area contributed by atoms with E-state index in [1.165, 1.54) is 26.2 Å². The molecule has 1 N–H and O–H groups in total. The molecule has 0 saturated heterocycles. The van der Waals surface area contributed by atoms with Gasteiger partial charge in [-0.2, -0.15) is 4.68 Å². The number of nitrogens with zero attached hydrogens (tertiary/aromatic N) is 3.